The quantitative estimate of drug-likeness (QED) is 0.510. The summed E-state index contributed by atoms with van der Waals surface area (Å²) in [4.78, 5) is 14.7. The predicted molar refractivity (Wildman–Crippen MR) is 133 cm³/mol. The molecule has 3 aromatic carbocycles. The zero-order valence-corrected chi connectivity index (χ0v) is 20.1. The summed E-state index contributed by atoms with van der Waals surface area (Å²) in [5, 5.41) is 2.04. The molecule has 3 aromatic rings. The molecule has 1 heterocycles. The van der Waals surface area contributed by atoms with Gasteiger partial charge in [-0.1, -0.05) is 72.8 Å². The number of nitrogens with one attached hydrogen (secondary N) is 1. The Kier molecular flexibility index (Phi) is 7.65. The topological polar surface area (TPSA) is 75.7 Å². The van der Waals surface area contributed by atoms with Crippen molar-refractivity contribution in [1.82, 2.24) is 10.2 Å². The van der Waals surface area contributed by atoms with E-state index in [1.54, 1.807) is 7.11 Å². The molecule has 6 nitrogen and oxygen atoms in total. The summed E-state index contributed by atoms with van der Waals surface area (Å²) in [5.74, 6) is 0.523. The summed E-state index contributed by atoms with van der Waals surface area (Å²) < 4.78 is 32.1. The van der Waals surface area contributed by atoms with Crippen LogP contribution in [0.25, 0.3) is 0 Å². The molecule has 7 heteroatoms. The van der Waals surface area contributed by atoms with Crippen molar-refractivity contribution in [2.75, 3.05) is 32.5 Å². The fourth-order valence-electron chi connectivity index (χ4n) is 4.50. The maximum absolute atomic E-state index is 13.3. The largest absolute Gasteiger partial charge is 0.496 e. The average molecular weight is 479 g/mol. The molecule has 0 fully saturated rings. The smallest absolute Gasteiger partial charge is 0.234 e. The predicted octanol–water partition coefficient (Wildman–Crippen LogP) is 3.37. The van der Waals surface area contributed by atoms with Gasteiger partial charge in [-0.05, 0) is 29.2 Å². The van der Waals surface area contributed by atoms with Gasteiger partial charge in [-0.15, -0.1) is 0 Å². The van der Waals surface area contributed by atoms with Gasteiger partial charge in [-0.2, -0.15) is 0 Å². The number of hydrogen-bond donors (Lipinski definition) is 1. The van der Waals surface area contributed by atoms with Crippen molar-refractivity contribution < 1.29 is 17.9 Å². The van der Waals surface area contributed by atoms with Crippen LogP contribution in [0.15, 0.2) is 78.9 Å². The van der Waals surface area contributed by atoms with E-state index in [1.807, 2.05) is 72.8 Å². The molecule has 0 aliphatic carbocycles. The lowest BCUT2D eigenvalue weighted by Gasteiger charge is -2.29. The SMILES string of the molecule is COc1cccc2c1CN(CC(=O)NCCS(=O)(=O)C(c1ccccc1)c1ccccc1)CC2. The standard InChI is InChI=1S/C27H30N2O4S/c1-33-25-14-8-13-21-15-17-29(19-24(21)25)20-26(30)28-16-18-34(31,32)27(22-9-4-2-5-10-22)23-11-6-3-7-12-23/h2-14,27H,15-20H2,1H3,(H,28,30). The first-order chi connectivity index (χ1) is 16.5. The molecular formula is C27H30N2O4S. The van der Waals surface area contributed by atoms with E-state index in [-0.39, 0.29) is 24.7 Å². The number of ether oxygens (including phenoxy) is 1. The van der Waals surface area contributed by atoms with Crippen LogP contribution in [0.3, 0.4) is 0 Å². The van der Waals surface area contributed by atoms with Gasteiger partial charge >= 0.3 is 0 Å². The van der Waals surface area contributed by atoms with Crippen molar-refractivity contribution in [3.8, 4) is 5.75 Å². The van der Waals surface area contributed by atoms with E-state index in [9.17, 15) is 13.2 Å². The van der Waals surface area contributed by atoms with E-state index in [0.717, 1.165) is 35.4 Å². The number of rotatable bonds is 9. The Labute approximate surface area is 201 Å². The summed E-state index contributed by atoms with van der Waals surface area (Å²) in [6.45, 7) is 1.70. The number of fused-ring (bicyclic) bond motifs is 1. The van der Waals surface area contributed by atoms with Crippen LogP contribution in [0.1, 0.15) is 27.5 Å². The van der Waals surface area contributed by atoms with E-state index in [0.29, 0.717) is 6.54 Å². The number of hydrogen-bond acceptors (Lipinski definition) is 5. The van der Waals surface area contributed by atoms with Crippen molar-refractivity contribution in [2.45, 2.75) is 18.2 Å². The van der Waals surface area contributed by atoms with E-state index >= 15 is 0 Å². The first-order valence-electron chi connectivity index (χ1n) is 11.4. The van der Waals surface area contributed by atoms with Crippen LogP contribution in [-0.2, 0) is 27.6 Å². The molecule has 0 saturated carbocycles. The molecule has 0 unspecified atom stereocenters. The van der Waals surface area contributed by atoms with E-state index in [4.69, 9.17) is 4.74 Å². The molecule has 1 N–H and O–H groups in total. The lowest BCUT2D eigenvalue weighted by molar-refractivity contribution is -0.122. The third kappa shape index (κ3) is 5.66. The summed E-state index contributed by atoms with van der Waals surface area (Å²) in [5.41, 5.74) is 3.80. The number of amides is 1. The van der Waals surface area contributed by atoms with Gasteiger partial charge in [-0.3, -0.25) is 9.69 Å². The first kappa shape index (κ1) is 24.0. The highest BCUT2D eigenvalue weighted by molar-refractivity contribution is 7.91. The second kappa shape index (κ2) is 10.8. The van der Waals surface area contributed by atoms with Crippen LogP contribution in [-0.4, -0.2) is 51.7 Å². The molecular weight excluding hydrogens is 448 g/mol. The monoisotopic (exact) mass is 478 g/mol. The average Bonchev–Trinajstić information content (AvgIpc) is 2.85. The highest BCUT2D eigenvalue weighted by Crippen LogP contribution is 2.31. The number of sulfone groups is 1. The summed E-state index contributed by atoms with van der Waals surface area (Å²) in [7, 11) is -1.90. The van der Waals surface area contributed by atoms with Crippen LogP contribution in [0.2, 0.25) is 0 Å². The Balaban J connectivity index is 1.37. The van der Waals surface area contributed by atoms with E-state index in [2.05, 4.69) is 16.3 Å². The number of benzene rings is 3. The van der Waals surface area contributed by atoms with Crippen LogP contribution in [0.5, 0.6) is 5.75 Å². The summed E-state index contributed by atoms with van der Waals surface area (Å²) in [6.07, 6.45) is 0.851. The van der Waals surface area contributed by atoms with Crippen molar-refractivity contribution in [1.29, 1.82) is 0 Å². The fraction of sp³-hybridized carbons (Fsp3) is 0.296. The van der Waals surface area contributed by atoms with E-state index in [1.165, 1.54) is 5.56 Å². The van der Waals surface area contributed by atoms with Gasteiger partial charge < -0.3 is 10.1 Å². The molecule has 1 aliphatic rings. The molecule has 34 heavy (non-hydrogen) atoms. The molecule has 0 bridgehead atoms. The second-order valence-electron chi connectivity index (χ2n) is 8.48. The molecule has 4 rings (SSSR count). The number of carbonyl (C=O) groups is 1. The summed E-state index contributed by atoms with van der Waals surface area (Å²) in [6, 6.07) is 24.4. The Bertz CT molecular complexity index is 1160. The fourth-order valence-corrected chi connectivity index (χ4v) is 6.27. The molecule has 0 aromatic heterocycles. The van der Waals surface area contributed by atoms with Crippen LogP contribution < -0.4 is 10.1 Å². The van der Waals surface area contributed by atoms with E-state index < -0.39 is 15.1 Å². The van der Waals surface area contributed by atoms with Crippen molar-refractivity contribution in [3.05, 3.63) is 101 Å². The van der Waals surface area contributed by atoms with Gasteiger partial charge in [0, 0.05) is 25.2 Å². The number of carbonyl (C=O) groups excluding carboxylic acids is 1. The van der Waals surface area contributed by atoms with Gasteiger partial charge in [0.1, 0.15) is 11.0 Å². The molecule has 1 amide bonds. The molecule has 0 spiro atoms. The van der Waals surface area contributed by atoms with Crippen molar-refractivity contribution >= 4 is 15.7 Å². The third-order valence-corrected chi connectivity index (χ3v) is 8.20. The van der Waals surface area contributed by atoms with Crippen LogP contribution >= 0.6 is 0 Å². The first-order valence-corrected chi connectivity index (χ1v) is 13.1. The Morgan fingerprint density at radius 2 is 1.62 bits per heavy atom. The van der Waals surface area contributed by atoms with Gasteiger partial charge in [0.25, 0.3) is 0 Å². The molecule has 0 radical (unpaired) electrons. The van der Waals surface area contributed by atoms with Crippen molar-refractivity contribution in [2.24, 2.45) is 0 Å². The Morgan fingerprint density at radius 1 is 0.971 bits per heavy atom. The zero-order chi connectivity index (χ0) is 24.0. The Hall–Kier alpha value is -3.16. The van der Waals surface area contributed by atoms with Gasteiger partial charge in [0.2, 0.25) is 5.91 Å². The third-order valence-electron chi connectivity index (χ3n) is 6.17. The highest BCUT2D eigenvalue weighted by atomic mass is 32.2. The minimum atomic E-state index is -3.55. The minimum absolute atomic E-state index is 0.0745. The lowest BCUT2D eigenvalue weighted by Crippen LogP contribution is -2.41. The molecule has 178 valence electrons. The normalized spacial score (nSPS) is 13.9. The number of methoxy groups -OCH3 is 1. The van der Waals surface area contributed by atoms with Crippen LogP contribution in [0.4, 0.5) is 0 Å². The minimum Gasteiger partial charge on any atom is -0.496 e. The maximum atomic E-state index is 13.3. The van der Waals surface area contributed by atoms with Gasteiger partial charge in [0.05, 0.1) is 19.4 Å². The number of nitrogens with zero attached hydrogens (tertiary/aromatic N) is 1. The molecule has 1 aliphatic heterocycles. The van der Waals surface area contributed by atoms with Crippen molar-refractivity contribution in [3.63, 3.8) is 0 Å². The molecule has 0 saturated heterocycles. The maximum Gasteiger partial charge on any atom is 0.234 e. The lowest BCUT2D eigenvalue weighted by atomic mass is 9.99. The van der Waals surface area contributed by atoms with Gasteiger partial charge in [0.15, 0.2) is 9.84 Å². The zero-order valence-electron chi connectivity index (χ0n) is 19.3. The summed E-state index contributed by atoms with van der Waals surface area (Å²) >= 11 is 0. The molecule has 0 atom stereocenters. The highest BCUT2D eigenvalue weighted by Gasteiger charge is 2.29. The second-order valence-corrected chi connectivity index (χ2v) is 10.7. The Morgan fingerprint density at radius 3 is 2.24 bits per heavy atom. The van der Waals surface area contributed by atoms with Gasteiger partial charge in [-0.25, -0.2) is 8.42 Å². The van der Waals surface area contributed by atoms with Crippen LogP contribution in [0, 0.1) is 0 Å².